The number of carbonyl (C=O) groups is 5. The van der Waals surface area contributed by atoms with Crippen molar-refractivity contribution < 1.29 is 58.6 Å². The van der Waals surface area contributed by atoms with Crippen molar-refractivity contribution in [2.75, 3.05) is 19.7 Å². The van der Waals surface area contributed by atoms with Gasteiger partial charge >= 0.3 is 11.9 Å². The van der Waals surface area contributed by atoms with Crippen LogP contribution in [0, 0.1) is 0 Å². The molecule has 6 atom stereocenters. The molecule has 1 aliphatic rings. The lowest BCUT2D eigenvalue weighted by Gasteiger charge is -2.38. The molecule has 7 N–H and O–H groups in total. The number of hydrogen-bond acceptors (Lipinski definition) is 11. The second-order valence-electron chi connectivity index (χ2n) is 11.1. The highest BCUT2D eigenvalue weighted by atomic mass is 16.7. The lowest BCUT2D eigenvalue weighted by molar-refractivity contribution is -0.292. The van der Waals surface area contributed by atoms with E-state index in [0.29, 0.717) is 32.1 Å². The normalized spacial score (nSPS) is 21.5. The number of nitrogens with one attached hydrogen (secondary N) is 3. The van der Waals surface area contributed by atoms with Crippen LogP contribution in [-0.4, -0.2) is 107 Å². The molecular weight excluding hydrogens is 606 g/mol. The fraction of sp³-hybridized carbons (Fsp3) is 0.645. The van der Waals surface area contributed by atoms with E-state index >= 15 is 0 Å². The summed E-state index contributed by atoms with van der Waals surface area (Å²) in [5.41, 5.74) is 0.870. The number of amides is 3. The minimum atomic E-state index is -1.42. The zero-order chi connectivity index (χ0) is 33.9. The molecule has 0 bridgehead atoms. The summed E-state index contributed by atoms with van der Waals surface area (Å²) in [5.74, 6) is -2.98. The van der Waals surface area contributed by atoms with Gasteiger partial charge in [-0.3, -0.25) is 24.0 Å². The number of aliphatic carboxylic acids is 1. The fourth-order valence-electron chi connectivity index (χ4n) is 4.54. The van der Waals surface area contributed by atoms with E-state index in [0.717, 1.165) is 5.56 Å². The monoisotopic (exact) mass is 653 g/mol. The average Bonchev–Trinajstić information content (AvgIpc) is 3.03. The lowest BCUT2D eigenvalue weighted by Crippen LogP contribution is -2.57. The molecule has 1 heterocycles. The predicted molar refractivity (Wildman–Crippen MR) is 162 cm³/mol. The standard InChI is InChI=1S/C31H47N3O12/c1-20-27(40)28(41)29(42)31(46-20)44-17-16-32-23(35)12-6-3-9-15-33-30(43)22(18-25(37)38)34-24(36)13-7-8-14-26(39)45-19-21-10-4-2-5-11-21/h2,4-5,10-11,20,22,27-29,31,40-42H,3,6-9,12-19H2,1H3,(H,32,35)(H,33,43)(H,34,36)(H,37,38)/t20-,22-,27+,28+,29-,31+/m0/s1. The Hall–Kier alpha value is -3.63. The van der Waals surface area contributed by atoms with Crippen LogP contribution < -0.4 is 16.0 Å². The second kappa shape index (κ2) is 21.2. The van der Waals surface area contributed by atoms with Crippen molar-refractivity contribution in [2.24, 2.45) is 0 Å². The SMILES string of the molecule is C[C@@H]1O[C@@H](OCCNC(=O)CCCCCNC(=O)[C@H](CC(=O)O)NC(=O)CCCCC(=O)OCc2ccccc2)[C@@H](O)[C@H](O)[C@@H]1O. The molecule has 1 saturated heterocycles. The summed E-state index contributed by atoms with van der Waals surface area (Å²) in [5, 5.41) is 46.3. The molecule has 1 aromatic carbocycles. The number of unbranched alkanes of at least 4 members (excludes halogenated alkanes) is 3. The molecule has 0 aromatic heterocycles. The third kappa shape index (κ3) is 15.1. The Balaban J connectivity index is 1.54. The van der Waals surface area contributed by atoms with E-state index in [2.05, 4.69) is 16.0 Å². The van der Waals surface area contributed by atoms with Gasteiger partial charge in [0.15, 0.2) is 6.29 Å². The van der Waals surface area contributed by atoms with Gasteiger partial charge in [0, 0.05) is 32.4 Å². The number of aliphatic hydroxyl groups excluding tert-OH is 3. The zero-order valence-corrected chi connectivity index (χ0v) is 26.1. The highest BCUT2D eigenvalue weighted by Crippen LogP contribution is 2.21. The van der Waals surface area contributed by atoms with Crippen molar-refractivity contribution in [3.05, 3.63) is 35.9 Å². The Morgan fingerprint density at radius 2 is 1.50 bits per heavy atom. The van der Waals surface area contributed by atoms with Crippen LogP contribution in [-0.2, 0) is 44.8 Å². The van der Waals surface area contributed by atoms with Crippen molar-refractivity contribution in [3.8, 4) is 0 Å². The predicted octanol–water partition coefficient (Wildman–Crippen LogP) is -0.113. The highest BCUT2D eigenvalue weighted by Gasteiger charge is 2.42. The van der Waals surface area contributed by atoms with Crippen LogP contribution in [0.15, 0.2) is 30.3 Å². The number of benzene rings is 1. The molecule has 15 heteroatoms. The summed E-state index contributed by atoms with van der Waals surface area (Å²) in [6.45, 7) is 2.10. The third-order valence-electron chi connectivity index (χ3n) is 7.20. The van der Waals surface area contributed by atoms with E-state index in [1.807, 2.05) is 30.3 Å². The number of esters is 1. The Morgan fingerprint density at radius 3 is 2.22 bits per heavy atom. The number of ether oxygens (including phenoxy) is 3. The second-order valence-corrected chi connectivity index (χ2v) is 11.1. The number of carbonyl (C=O) groups excluding carboxylic acids is 4. The molecule has 0 unspecified atom stereocenters. The molecule has 46 heavy (non-hydrogen) atoms. The summed E-state index contributed by atoms with van der Waals surface area (Å²) in [4.78, 5) is 60.0. The van der Waals surface area contributed by atoms with E-state index in [4.69, 9.17) is 19.3 Å². The van der Waals surface area contributed by atoms with E-state index in [9.17, 15) is 39.3 Å². The van der Waals surface area contributed by atoms with Crippen LogP contribution in [0.2, 0.25) is 0 Å². The Kier molecular flexibility index (Phi) is 17.8. The van der Waals surface area contributed by atoms with Crippen molar-refractivity contribution >= 4 is 29.7 Å². The summed E-state index contributed by atoms with van der Waals surface area (Å²) >= 11 is 0. The van der Waals surface area contributed by atoms with E-state index in [1.165, 1.54) is 6.92 Å². The first-order valence-corrected chi connectivity index (χ1v) is 15.5. The zero-order valence-electron chi connectivity index (χ0n) is 26.1. The van der Waals surface area contributed by atoms with Crippen molar-refractivity contribution in [2.45, 2.75) is 108 Å². The molecule has 1 aliphatic heterocycles. The van der Waals surface area contributed by atoms with Crippen molar-refractivity contribution in [3.63, 3.8) is 0 Å². The number of carboxylic acid groups (broad SMARTS) is 1. The molecule has 0 spiro atoms. The molecule has 2 rings (SSSR count). The molecule has 3 amide bonds. The van der Waals surface area contributed by atoms with Gasteiger partial charge in [-0.05, 0) is 38.2 Å². The summed E-state index contributed by atoms with van der Waals surface area (Å²) in [6, 6.07) is 7.99. The van der Waals surface area contributed by atoms with E-state index in [1.54, 1.807) is 0 Å². The molecule has 1 aromatic rings. The minimum absolute atomic E-state index is 0.0202. The Morgan fingerprint density at radius 1 is 0.826 bits per heavy atom. The molecule has 0 saturated carbocycles. The lowest BCUT2D eigenvalue weighted by atomic mass is 10.0. The first kappa shape index (κ1) is 38.6. The topological polar surface area (TPSA) is 230 Å². The Bertz CT molecular complexity index is 1110. The number of rotatable bonds is 21. The smallest absolute Gasteiger partial charge is 0.306 e. The van der Waals surface area contributed by atoms with Crippen molar-refractivity contribution in [1.82, 2.24) is 16.0 Å². The fourth-order valence-corrected chi connectivity index (χ4v) is 4.54. The maximum Gasteiger partial charge on any atom is 0.306 e. The molecule has 258 valence electrons. The molecule has 15 nitrogen and oxygen atoms in total. The van der Waals surface area contributed by atoms with E-state index in [-0.39, 0.29) is 57.4 Å². The quantitative estimate of drug-likeness (QED) is 0.0681. The largest absolute Gasteiger partial charge is 0.481 e. The number of carboxylic acids is 1. The summed E-state index contributed by atoms with van der Waals surface area (Å²) in [7, 11) is 0. The average molecular weight is 654 g/mol. The number of aliphatic hydroxyl groups is 3. The van der Waals surface area contributed by atoms with Gasteiger partial charge in [-0.15, -0.1) is 0 Å². The maximum atomic E-state index is 12.5. The summed E-state index contributed by atoms with van der Waals surface area (Å²) < 4.78 is 15.9. The first-order chi connectivity index (χ1) is 22.0. The van der Waals surface area contributed by atoms with Crippen LogP contribution in [0.4, 0.5) is 0 Å². The molecule has 0 radical (unpaired) electrons. The van der Waals surface area contributed by atoms with Gasteiger partial charge in [0.2, 0.25) is 17.7 Å². The highest BCUT2D eigenvalue weighted by molar-refractivity contribution is 5.90. The van der Waals surface area contributed by atoms with Crippen LogP contribution in [0.3, 0.4) is 0 Å². The molecule has 1 fully saturated rings. The van der Waals surface area contributed by atoms with Crippen LogP contribution in [0.1, 0.15) is 70.3 Å². The van der Waals surface area contributed by atoms with Crippen LogP contribution in [0.25, 0.3) is 0 Å². The van der Waals surface area contributed by atoms with Gasteiger partial charge in [0.05, 0.1) is 19.1 Å². The number of hydrogen-bond donors (Lipinski definition) is 7. The molecular formula is C31H47N3O12. The van der Waals surface area contributed by atoms with Crippen LogP contribution in [0.5, 0.6) is 0 Å². The summed E-state index contributed by atoms with van der Waals surface area (Å²) in [6.07, 6.45) is -3.68. The maximum absolute atomic E-state index is 12.5. The third-order valence-corrected chi connectivity index (χ3v) is 7.20. The van der Waals surface area contributed by atoms with Gasteiger partial charge in [-0.25, -0.2) is 0 Å². The van der Waals surface area contributed by atoms with E-state index < -0.39 is 61.0 Å². The van der Waals surface area contributed by atoms with Gasteiger partial charge in [-0.2, -0.15) is 0 Å². The molecule has 0 aliphatic carbocycles. The van der Waals surface area contributed by atoms with Crippen LogP contribution >= 0.6 is 0 Å². The van der Waals surface area contributed by atoms with Gasteiger partial charge < -0.3 is 50.6 Å². The minimum Gasteiger partial charge on any atom is -0.481 e. The van der Waals surface area contributed by atoms with Gasteiger partial charge in [0.1, 0.15) is 31.0 Å². The van der Waals surface area contributed by atoms with Gasteiger partial charge in [0.25, 0.3) is 0 Å². The Labute approximate surface area is 268 Å². The van der Waals surface area contributed by atoms with Gasteiger partial charge in [-0.1, -0.05) is 36.8 Å². The first-order valence-electron chi connectivity index (χ1n) is 15.5. The van der Waals surface area contributed by atoms with Crippen molar-refractivity contribution in [1.29, 1.82) is 0 Å².